The summed E-state index contributed by atoms with van der Waals surface area (Å²) in [6.07, 6.45) is 1.86. The molecule has 0 unspecified atom stereocenters. The van der Waals surface area contributed by atoms with Crippen molar-refractivity contribution in [2.24, 2.45) is 10.3 Å². The highest BCUT2D eigenvalue weighted by Crippen LogP contribution is 2.34. The molecule has 2 heterocycles. The summed E-state index contributed by atoms with van der Waals surface area (Å²) in [5, 5.41) is 14.4. The van der Waals surface area contributed by atoms with Crippen LogP contribution < -0.4 is 10.9 Å². The number of nitrogens with one attached hydrogen (secondary N) is 1. The molecule has 0 atom stereocenters. The maximum absolute atomic E-state index is 13.6. The number of fused-ring (bicyclic) bond motifs is 2. The lowest BCUT2D eigenvalue weighted by molar-refractivity contribution is -0.137. The fourth-order valence-electron chi connectivity index (χ4n) is 4.29. The number of aromatic hydroxyl groups is 1. The lowest BCUT2D eigenvalue weighted by atomic mass is 10.1. The summed E-state index contributed by atoms with van der Waals surface area (Å²) in [5.74, 6) is -0.786. The van der Waals surface area contributed by atoms with Gasteiger partial charge >= 0.3 is 5.97 Å². The molecule has 11 heteroatoms. The van der Waals surface area contributed by atoms with Gasteiger partial charge in [0.15, 0.2) is 5.84 Å². The summed E-state index contributed by atoms with van der Waals surface area (Å²) < 4.78 is 42.6. The van der Waals surface area contributed by atoms with Crippen molar-refractivity contribution in [2.75, 3.05) is 18.5 Å². The Hall–Kier alpha value is -4.12. The minimum atomic E-state index is -4.31. The predicted molar refractivity (Wildman–Crippen MR) is 149 cm³/mol. The van der Waals surface area contributed by atoms with Gasteiger partial charge < -0.3 is 24.5 Å². The normalized spacial score (nSPS) is 14.5. The predicted octanol–water partition coefficient (Wildman–Crippen LogP) is 4.25. The van der Waals surface area contributed by atoms with Crippen LogP contribution in [0.1, 0.15) is 45.2 Å². The van der Waals surface area contributed by atoms with Gasteiger partial charge in [-0.3, -0.25) is 4.79 Å². The number of pyridine rings is 1. The van der Waals surface area contributed by atoms with Gasteiger partial charge in [0.05, 0.1) is 30.5 Å². The van der Waals surface area contributed by atoms with Crippen LogP contribution in [-0.4, -0.2) is 43.1 Å². The number of aromatic nitrogens is 1. The lowest BCUT2D eigenvalue weighted by Gasteiger charge is -2.21. The van der Waals surface area contributed by atoms with Crippen LogP contribution in [0.15, 0.2) is 62.6 Å². The van der Waals surface area contributed by atoms with E-state index in [1.54, 1.807) is 44.2 Å². The second-order valence-electron chi connectivity index (χ2n) is 9.32. The number of carbonyl (C=O) groups excluding carboxylic acids is 1. The van der Waals surface area contributed by atoms with E-state index in [-0.39, 0.29) is 46.7 Å². The zero-order chi connectivity index (χ0) is 28.3. The van der Waals surface area contributed by atoms with E-state index >= 15 is 0 Å². The van der Waals surface area contributed by atoms with Crippen molar-refractivity contribution in [3.8, 4) is 5.75 Å². The Balaban J connectivity index is 1.83. The van der Waals surface area contributed by atoms with Crippen molar-refractivity contribution in [2.45, 2.75) is 45.6 Å². The van der Waals surface area contributed by atoms with Crippen LogP contribution in [0, 0.1) is 5.92 Å². The zero-order valence-corrected chi connectivity index (χ0v) is 23.0. The third-order valence-electron chi connectivity index (χ3n) is 6.16. The van der Waals surface area contributed by atoms with E-state index in [2.05, 4.69) is 9.71 Å². The van der Waals surface area contributed by atoms with Gasteiger partial charge in [-0.15, -0.1) is 4.40 Å². The summed E-state index contributed by atoms with van der Waals surface area (Å²) in [7, 11) is -4.31. The molecule has 3 aromatic rings. The van der Waals surface area contributed by atoms with Crippen LogP contribution in [0.5, 0.6) is 5.75 Å². The Labute approximate surface area is 226 Å². The number of amidine groups is 1. The molecule has 39 heavy (non-hydrogen) atoms. The summed E-state index contributed by atoms with van der Waals surface area (Å²) >= 11 is 0. The monoisotopic (exact) mass is 553 g/mol. The van der Waals surface area contributed by atoms with E-state index in [0.29, 0.717) is 35.3 Å². The standard InChI is InChI=1S/C28H31N3O7S/c1-5-37-22(16-24(32)38-6-2)18-11-12-20-23(15-18)39(35,36)30-27(29-20)25-26(33)19-9-7-8-10-21(19)31(28(25)34)14-13-17(3)4/h7-12,15-17,33H,5-6,13-14H2,1-4H3,(H,29,30). The van der Waals surface area contributed by atoms with Crippen LogP contribution in [0.25, 0.3) is 16.7 Å². The molecular formula is C28H31N3O7S. The molecule has 206 valence electrons. The van der Waals surface area contributed by atoms with Gasteiger partial charge in [-0.2, -0.15) is 8.42 Å². The average Bonchev–Trinajstić information content (AvgIpc) is 2.88. The van der Waals surface area contributed by atoms with E-state index in [4.69, 9.17) is 9.47 Å². The van der Waals surface area contributed by atoms with Crippen molar-refractivity contribution in [3.05, 3.63) is 70.0 Å². The SMILES string of the molecule is CCOC(=O)C=C(OCC)c1ccc2c(c1)S(=O)(=O)N=C(c1c(O)c3ccccc3n(CCC(C)C)c1=O)N2. The first-order chi connectivity index (χ1) is 18.6. The molecule has 1 aliphatic heterocycles. The highest BCUT2D eigenvalue weighted by atomic mass is 32.2. The molecule has 0 saturated carbocycles. The van der Waals surface area contributed by atoms with E-state index in [1.165, 1.54) is 16.7 Å². The molecule has 0 amide bonds. The van der Waals surface area contributed by atoms with Gasteiger partial charge in [-0.05, 0) is 56.5 Å². The molecule has 0 fully saturated rings. The molecule has 1 aliphatic rings. The smallest absolute Gasteiger partial charge is 0.334 e. The molecule has 0 aliphatic carbocycles. The maximum atomic E-state index is 13.6. The average molecular weight is 554 g/mol. The molecule has 0 saturated heterocycles. The second-order valence-corrected chi connectivity index (χ2v) is 10.9. The first-order valence-corrected chi connectivity index (χ1v) is 14.1. The largest absolute Gasteiger partial charge is 0.506 e. The fourth-order valence-corrected chi connectivity index (χ4v) is 5.44. The number of rotatable bonds is 9. The molecule has 0 radical (unpaired) electrons. The number of anilines is 1. The van der Waals surface area contributed by atoms with Gasteiger partial charge in [0.2, 0.25) is 0 Å². The minimum Gasteiger partial charge on any atom is -0.506 e. The van der Waals surface area contributed by atoms with Crippen LogP contribution in [0.2, 0.25) is 0 Å². The lowest BCUT2D eigenvalue weighted by Crippen LogP contribution is -2.33. The number of esters is 1. The Kier molecular flexibility index (Phi) is 8.10. The number of carbonyl (C=O) groups is 1. The summed E-state index contributed by atoms with van der Waals surface area (Å²) in [6, 6.07) is 11.3. The number of ether oxygens (including phenoxy) is 2. The number of hydrogen-bond acceptors (Lipinski definition) is 8. The van der Waals surface area contributed by atoms with E-state index < -0.39 is 21.6 Å². The van der Waals surface area contributed by atoms with Crippen LogP contribution in [-0.2, 0) is 30.8 Å². The zero-order valence-electron chi connectivity index (χ0n) is 22.2. The third-order valence-corrected chi connectivity index (χ3v) is 7.47. The number of sulfonamides is 1. The summed E-state index contributed by atoms with van der Waals surface area (Å²) in [6.45, 7) is 8.28. The number of nitrogens with zero attached hydrogens (tertiary/aromatic N) is 2. The second kappa shape index (κ2) is 11.3. The highest BCUT2D eigenvalue weighted by Gasteiger charge is 2.30. The van der Waals surface area contributed by atoms with E-state index in [9.17, 15) is 23.1 Å². The Bertz CT molecular complexity index is 1650. The van der Waals surface area contributed by atoms with Gasteiger partial charge in [0, 0.05) is 17.5 Å². The topological polar surface area (TPSA) is 136 Å². The third kappa shape index (κ3) is 5.68. The van der Waals surface area contributed by atoms with E-state index in [1.807, 2.05) is 13.8 Å². The van der Waals surface area contributed by atoms with Crippen LogP contribution in [0.3, 0.4) is 0 Å². The number of para-hydroxylation sites is 1. The van der Waals surface area contributed by atoms with Gasteiger partial charge in [-0.1, -0.05) is 26.0 Å². The number of hydrogen-bond donors (Lipinski definition) is 2. The van der Waals surface area contributed by atoms with Crippen molar-refractivity contribution in [3.63, 3.8) is 0 Å². The molecule has 4 rings (SSSR count). The number of aryl methyl sites for hydroxylation is 1. The van der Waals surface area contributed by atoms with Gasteiger partial charge in [0.25, 0.3) is 15.6 Å². The fraction of sp³-hybridized carbons (Fsp3) is 0.321. The van der Waals surface area contributed by atoms with Crippen molar-refractivity contribution < 1.29 is 27.8 Å². The number of benzene rings is 2. The van der Waals surface area contributed by atoms with Gasteiger partial charge in [-0.25, -0.2) is 4.79 Å². The Morgan fingerprint density at radius 2 is 1.85 bits per heavy atom. The molecule has 0 spiro atoms. The first-order valence-electron chi connectivity index (χ1n) is 12.7. The quantitative estimate of drug-likeness (QED) is 0.228. The Morgan fingerprint density at radius 3 is 2.54 bits per heavy atom. The first kappa shape index (κ1) is 27.9. The molecular weight excluding hydrogens is 522 g/mol. The highest BCUT2D eigenvalue weighted by molar-refractivity contribution is 7.90. The molecule has 2 aromatic carbocycles. The molecule has 10 nitrogen and oxygen atoms in total. The maximum Gasteiger partial charge on any atom is 0.334 e. The summed E-state index contributed by atoms with van der Waals surface area (Å²) in [5.41, 5.74) is 0.261. The molecule has 2 N–H and O–H groups in total. The van der Waals surface area contributed by atoms with Crippen molar-refractivity contribution in [1.29, 1.82) is 0 Å². The van der Waals surface area contributed by atoms with E-state index in [0.717, 1.165) is 6.08 Å². The summed E-state index contributed by atoms with van der Waals surface area (Å²) in [4.78, 5) is 25.5. The van der Waals surface area contributed by atoms with Crippen molar-refractivity contribution >= 4 is 44.2 Å². The van der Waals surface area contributed by atoms with Gasteiger partial charge in [0.1, 0.15) is 22.0 Å². The van der Waals surface area contributed by atoms with Crippen molar-refractivity contribution in [1.82, 2.24) is 4.57 Å². The minimum absolute atomic E-state index is 0.143. The molecule has 0 bridgehead atoms. The van der Waals surface area contributed by atoms with Crippen LogP contribution >= 0.6 is 0 Å². The Morgan fingerprint density at radius 1 is 1.13 bits per heavy atom. The van der Waals surface area contributed by atoms with Crippen LogP contribution in [0.4, 0.5) is 5.69 Å². The molecule has 1 aromatic heterocycles.